The van der Waals surface area contributed by atoms with Gasteiger partial charge >= 0.3 is 0 Å². The lowest BCUT2D eigenvalue weighted by Crippen LogP contribution is -2.00. The van der Waals surface area contributed by atoms with Crippen molar-refractivity contribution in [1.29, 1.82) is 0 Å². The van der Waals surface area contributed by atoms with Crippen molar-refractivity contribution in [3.63, 3.8) is 0 Å². The number of halogens is 1. The first kappa shape index (κ1) is 12.8. The third kappa shape index (κ3) is 2.68. The topological polar surface area (TPSA) is 43.8 Å². The molecule has 0 bridgehead atoms. The highest BCUT2D eigenvalue weighted by Crippen LogP contribution is 2.24. The van der Waals surface area contributed by atoms with E-state index in [0.29, 0.717) is 12.2 Å². The molecule has 3 rings (SSSR count). The third-order valence-corrected chi connectivity index (χ3v) is 3.31. The fraction of sp³-hybridized carbons (Fsp3) is 0.0625. The van der Waals surface area contributed by atoms with Gasteiger partial charge in [-0.15, -0.1) is 0 Å². The number of anilines is 1. The Morgan fingerprint density at radius 3 is 2.60 bits per heavy atom. The zero-order valence-electron chi connectivity index (χ0n) is 10.8. The van der Waals surface area contributed by atoms with Crippen molar-refractivity contribution in [2.75, 3.05) is 5.73 Å². The molecule has 20 heavy (non-hydrogen) atoms. The zero-order chi connectivity index (χ0) is 13.9. The zero-order valence-corrected chi connectivity index (χ0v) is 11.6. The monoisotopic (exact) mass is 283 g/mol. The Bertz CT molecular complexity index is 720. The van der Waals surface area contributed by atoms with E-state index < -0.39 is 0 Å². The van der Waals surface area contributed by atoms with Crippen molar-refractivity contribution in [2.45, 2.75) is 6.54 Å². The average Bonchev–Trinajstić information content (AvgIpc) is 2.80. The van der Waals surface area contributed by atoms with E-state index in [1.54, 1.807) is 0 Å². The highest BCUT2D eigenvalue weighted by atomic mass is 35.5. The van der Waals surface area contributed by atoms with Crippen molar-refractivity contribution in [2.24, 2.45) is 0 Å². The second-order valence-electron chi connectivity index (χ2n) is 4.63. The standard InChI is InChI=1S/C16H14ClN3/c17-14-8-4-5-12(9-14)10-20-11-15(18)16(19-20)13-6-2-1-3-7-13/h1-9,11H,10,18H2. The molecule has 3 aromatic rings. The van der Waals surface area contributed by atoms with E-state index in [-0.39, 0.29) is 0 Å². The summed E-state index contributed by atoms with van der Waals surface area (Å²) in [5.74, 6) is 0. The summed E-state index contributed by atoms with van der Waals surface area (Å²) >= 11 is 5.99. The summed E-state index contributed by atoms with van der Waals surface area (Å²) < 4.78 is 1.84. The van der Waals surface area contributed by atoms with Crippen LogP contribution >= 0.6 is 11.6 Å². The highest BCUT2D eigenvalue weighted by molar-refractivity contribution is 6.30. The molecule has 2 N–H and O–H groups in total. The molecule has 0 fully saturated rings. The molecule has 0 aliphatic heterocycles. The first-order valence-corrected chi connectivity index (χ1v) is 6.73. The molecule has 1 aromatic heterocycles. The smallest absolute Gasteiger partial charge is 0.115 e. The lowest BCUT2D eigenvalue weighted by molar-refractivity contribution is 0.689. The minimum atomic E-state index is 0.650. The number of benzene rings is 2. The number of hydrogen-bond donors (Lipinski definition) is 1. The first-order chi connectivity index (χ1) is 9.72. The number of aromatic nitrogens is 2. The van der Waals surface area contributed by atoms with E-state index in [4.69, 9.17) is 17.3 Å². The summed E-state index contributed by atoms with van der Waals surface area (Å²) in [6.45, 7) is 0.650. The van der Waals surface area contributed by atoms with Gasteiger partial charge in [0.1, 0.15) is 5.69 Å². The largest absolute Gasteiger partial charge is 0.396 e. The number of nitrogens with zero attached hydrogens (tertiary/aromatic N) is 2. The normalized spacial score (nSPS) is 10.7. The van der Waals surface area contributed by atoms with Gasteiger partial charge in [-0.05, 0) is 17.7 Å². The maximum atomic E-state index is 6.05. The van der Waals surface area contributed by atoms with Crippen molar-refractivity contribution < 1.29 is 0 Å². The molecule has 0 aliphatic rings. The predicted molar refractivity (Wildman–Crippen MR) is 82.6 cm³/mol. The van der Waals surface area contributed by atoms with Crippen LogP contribution < -0.4 is 5.73 Å². The maximum absolute atomic E-state index is 6.05. The van der Waals surface area contributed by atoms with Crippen LogP contribution in [-0.2, 0) is 6.54 Å². The van der Waals surface area contributed by atoms with Crippen LogP contribution in [-0.4, -0.2) is 9.78 Å². The molecule has 0 unspecified atom stereocenters. The molecule has 0 atom stereocenters. The van der Waals surface area contributed by atoms with Crippen LogP contribution in [0.5, 0.6) is 0 Å². The number of nitrogen functional groups attached to an aromatic ring is 1. The lowest BCUT2D eigenvalue weighted by atomic mass is 10.1. The third-order valence-electron chi connectivity index (χ3n) is 3.07. The second kappa shape index (κ2) is 5.39. The van der Waals surface area contributed by atoms with E-state index in [1.165, 1.54) is 0 Å². The average molecular weight is 284 g/mol. The predicted octanol–water partition coefficient (Wildman–Crippen LogP) is 3.83. The SMILES string of the molecule is Nc1cn(Cc2cccc(Cl)c2)nc1-c1ccccc1. The summed E-state index contributed by atoms with van der Waals surface area (Å²) in [4.78, 5) is 0. The van der Waals surface area contributed by atoms with Crippen LogP contribution in [0.1, 0.15) is 5.56 Å². The molecular formula is C16H14ClN3. The van der Waals surface area contributed by atoms with Crippen LogP contribution in [0.4, 0.5) is 5.69 Å². The van der Waals surface area contributed by atoms with Gasteiger partial charge in [0.25, 0.3) is 0 Å². The number of nitrogens with two attached hydrogens (primary N) is 1. The molecule has 100 valence electrons. The van der Waals surface area contributed by atoms with Gasteiger partial charge in [-0.1, -0.05) is 54.1 Å². The Balaban J connectivity index is 1.90. The molecule has 0 radical (unpaired) electrons. The summed E-state index contributed by atoms with van der Waals surface area (Å²) in [7, 11) is 0. The Labute approximate surface area is 122 Å². The van der Waals surface area contributed by atoms with Crippen molar-refractivity contribution in [3.05, 3.63) is 71.4 Å². The summed E-state index contributed by atoms with van der Waals surface area (Å²) in [5, 5.41) is 5.28. The van der Waals surface area contributed by atoms with E-state index in [2.05, 4.69) is 5.10 Å². The quantitative estimate of drug-likeness (QED) is 0.794. The molecule has 4 heteroatoms. The van der Waals surface area contributed by atoms with Crippen molar-refractivity contribution >= 4 is 17.3 Å². The summed E-state index contributed by atoms with van der Waals surface area (Å²) in [5.41, 5.74) is 9.66. The van der Waals surface area contributed by atoms with Crippen molar-refractivity contribution in [3.8, 4) is 11.3 Å². The van der Waals surface area contributed by atoms with Gasteiger partial charge in [0.05, 0.1) is 12.2 Å². The van der Waals surface area contributed by atoms with E-state index in [9.17, 15) is 0 Å². The summed E-state index contributed by atoms with van der Waals surface area (Å²) in [6.07, 6.45) is 1.85. The van der Waals surface area contributed by atoms with Gasteiger partial charge in [-0.3, -0.25) is 4.68 Å². The Morgan fingerprint density at radius 2 is 1.85 bits per heavy atom. The van der Waals surface area contributed by atoms with Gasteiger partial charge in [0.15, 0.2) is 0 Å². The Morgan fingerprint density at radius 1 is 1.05 bits per heavy atom. The van der Waals surface area contributed by atoms with Gasteiger partial charge in [0, 0.05) is 16.8 Å². The van der Waals surface area contributed by atoms with Gasteiger partial charge in [-0.25, -0.2) is 0 Å². The molecule has 3 nitrogen and oxygen atoms in total. The van der Waals surface area contributed by atoms with Gasteiger partial charge in [0.2, 0.25) is 0 Å². The molecule has 2 aromatic carbocycles. The van der Waals surface area contributed by atoms with Crippen LogP contribution in [0.15, 0.2) is 60.8 Å². The Kier molecular flexibility index (Phi) is 3.44. The number of rotatable bonds is 3. The molecule has 0 saturated heterocycles. The fourth-order valence-corrected chi connectivity index (χ4v) is 2.37. The van der Waals surface area contributed by atoms with Crippen molar-refractivity contribution in [1.82, 2.24) is 9.78 Å². The van der Waals surface area contributed by atoms with Crippen LogP contribution in [0.2, 0.25) is 5.02 Å². The van der Waals surface area contributed by atoms with Crippen LogP contribution in [0.25, 0.3) is 11.3 Å². The maximum Gasteiger partial charge on any atom is 0.115 e. The molecule has 0 amide bonds. The lowest BCUT2D eigenvalue weighted by Gasteiger charge is -2.02. The van der Waals surface area contributed by atoms with Crippen LogP contribution in [0.3, 0.4) is 0 Å². The first-order valence-electron chi connectivity index (χ1n) is 6.35. The molecule has 0 aliphatic carbocycles. The molecular weight excluding hydrogens is 270 g/mol. The van der Waals surface area contributed by atoms with E-state index in [1.807, 2.05) is 65.5 Å². The Hall–Kier alpha value is -2.26. The molecule has 0 spiro atoms. The highest BCUT2D eigenvalue weighted by Gasteiger charge is 2.08. The van der Waals surface area contributed by atoms with Gasteiger partial charge in [-0.2, -0.15) is 5.10 Å². The molecule has 1 heterocycles. The summed E-state index contributed by atoms with van der Waals surface area (Å²) in [6, 6.07) is 17.7. The number of hydrogen-bond acceptors (Lipinski definition) is 2. The fourth-order valence-electron chi connectivity index (χ4n) is 2.16. The minimum Gasteiger partial charge on any atom is -0.396 e. The van der Waals surface area contributed by atoms with E-state index in [0.717, 1.165) is 21.8 Å². The van der Waals surface area contributed by atoms with E-state index >= 15 is 0 Å². The van der Waals surface area contributed by atoms with Gasteiger partial charge < -0.3 is 5.73 Å². The molecule has 0 saturated carbocycles. The minimum absolute atomic E-state index is 0.650. The second-order valence-corrected chi connectivity index (χ2v) is 5.06. The van der Waals surface area contributed by atoms with Crippen LogP contribution in [0, 0.1) is 0 Å².